The van der Waals surface area contributed by atoms with Crippen LogP contribution in [0.4, 0.5) is 5.69 Å². The molecule has 5 heteroatoms. The molecule has 186 valence electrons. The van der Waals surface area contributed by atoms with E-state index in [4.69, 9.17) is 14.6 Å². The minimum absolute atomic E-state index is 0.0575. The summed E-state index contributed by atoms with van der Waals surface area (Å²) in [5.41, 5.74) is 7.54. The molecule has 0 saturated carbocycles. The fourth-order valence-electron chi connectivity index (χ4n) is 3.94. The number of nitrogen functional groups attached to an aromatic ring is 1. The van der Waals surface area contributed by atoms with Crippen molar-refractivity contribution in [3.8, 4) is 11.5 Å². The van der Waals surface area contributed by atoms with E-state index in [2.05, 4.69) is 116 Å². The van der Waals surface area contributed by atoms with Crippen molar-refractivity contribution >= 4 is 54.6 Å². The molecule has 0 amide bonds. The summed E-state index contributed by atoms with van der Waals surface area (Å²) in [6, 6.07) is 19.4. The standard InChI is InChI=1S/C30H41NO2Si2/c1-29(2,3)34(7,8)32-26-19-25(31)27-23(28(26)33-35(9,10)30(4,5)6)16-15-22-17-20-13-11-12-14-21(20)18-24(22)27/h11-19H,31H2,1-10H3. The zero-order chi connectivity index (χ0) is 26.0. The Kier molecular flexibility index (Phi) is 6.05. The van der Waals surface area contributed by atoms with Crippen LogP contribution >= 0.6 is 0 Å². The Bertz CT molecular complexity index is 1430. The van der Waals surface area contributed by atoms with E-state index in [1.807, 2.05) is 6.07 Å². The molecule has 4 aromatic rings. The maximum atomic E-state index is 7.04. The Morgan fingerprint density at radius 2 is 1.17 bits per heavy atom. The molecule has 0 unspecified atom stereocenters. The number of nitrogens with two attached hydrogens (primary N) is 1. The second kappa shape index (κ2) is 8.27. The maximum absolute atomic E-state index is 7.04. The van der Waals surface area contributed by atoms with Crippen molar-refractivity contribution < 1.29 is 8.85 Å². The molecule has 0 fully saturated rings. The number of anilines is 1. The molecule has 0 aliphatic carbocycles. The predicted octanol–water partition coefficient (Wildman–Crippen LogP) is 9.50. The van der Waals surface area contributed by atoms with Crippen molar-refractivity contribution in [2.45, 2.75) is 77.8 Å². The van der Waals surface area contributed by atoms with Gasteiger partial charge in [0.05, 0.1) is 0 Å². The van der Waals surface area contributed by atoms with Crippen LogP contribution in [0, 0.1) is 0 Å². The van der Waals surface area contributed by atoms with Gasteiger partial charge in [-0.15, -0.1) is 0 Å². The highest BCUT2D eigenvalue weighted by atomic mass is 28.4. The summed E-state index contributed by atoms with van der Waals surface area (Å²) in [6.45, 7) is 22.7. The minimum Gasteiger partial charge on any atom is -0.541 e. The van der Waals surface area contributed by atoms with Crippen LogP contribution in [0.2, 0.25) is 36.3 Å². The first kappa shape index (κ1) is 25.6. The fraction of sp³-hybridized carbons (Fsp3) is 0.400. The number of fused-ring (bicyclic) bond motifs is 4. The van der Waals surface area contributed by atoms with Crippen molar-refractivity contribution in [1.82, 2.24) is 0 Å². The molecule has 0 spiro atoms. The quantitative estimate of drug-likeness (QED) is 0.130. The molecule has 0 aromatic heterocycles. The van der Waals surface area contributed by atoms with Gasteiger partial charge in [-0.05, 0) is 76.0 Å². The lowest BCUT2D eigenvalue weighted by Gasteiger charge is -2.40. The molecule has 2 N–H and O–H groups in total. The zero-order valence-electron chi connectivity index (χ0n) is 23.1. The first-order chi connectivity index (χ1) is 16.0. The highest BCUT2D eigenvalue weighted by molar-refractivity contribution is 6.75. The Hall–Kier alpha value is -2.51. The third-order valence-corrected chi connectivity index (χ3v) is 16.9. The summed E-state index contributed by atoms with van der Waals surface area (Å²) in [5, 5.41) is 6.97. The molecule has 3 nitrogen and oxygen atoms in total. The van der Waals surface area contributed by atoms with Crippen molar-refractivity contribution in [1.29, 1.82) is 0 Å². The molecule has 4 rings (SSSR count). The van der Waals surface area contributed by atoms with Gasteiger partial charge in [-0.1, -0.05) is 71.9 Å². The van der Waals surface area contributed by atoms with Gasteiger partial charge in [-0.25, -0.2) is 0 Å². The first-order valence-electron chi connectivity index (χ1n) is 12.6. The number of benzene rings is 4. The van der Waals surface area contributed by atoms with Crippen LogP contribution in [-0.2, 0) is 0 Å². The molecule has 0 saturated heterocycles. The average molecular weight is 504 g/mol. The normalized spacial score (nSPS) is 13.5. The maximum Gasteiger partial charge on any atom is 0.250 e. The molecular weight excluding hydrogens is 463 g/mol. The van der Waals surface area contributed by atoms with E-state index < -0.39 is 16.6 Å². The smallest absolute Gasteiger partial charge is 0.250 e. The Morgan fingerprint density at radius 3 is 1.74 bits per heavy atom. The van der Waals surface area contributed by atoms with Gasteiger partial charge in [0.1, 0.15) is 5.75 Å². The molecular formula is C30H41NO2Si2. The summed E-state index contributed by atoms with van der Waals surface area (Å²) in [5.74, 6) is 1.63. The van der Waals surface area contributed by atoms with Crippen molar-refractivity contribution in [2.24, 2.45) is 0 Å². The third-order valence-electron chi connectivity index (χ3n) is 8.26. The molecule has 35 heavy (non-hydrogen) atoms. The lowest BCUT2D eigenvalue weighted by Crippen LogP contribution is -2.45. The van der Waals surface area contributed by atoms with Crippen LogP contribution in [0.15, 0.2) is 54.6 Å². The summed E-state index contributed by atoms with van der Waals surface area (Å²) in [6.07, 6.45) is 0. The summed E-state index contributed by atoms with van der Waals surface area (Å²) >= 11 is 0. The molecule has 0 aliphatic rings. The first-order valence-corrected chi connectivity index (χ1v) is 18.4. The summed E-state index contributed by atoms with van der Waals surface area (Å²) in [7, 11) is -4.27. The van der Waals surface area contributed by atoms with Gasteiger partial charge in [0.25, 0.3) is 16.6 Å². The van der Waals surface area contributed by atoms with Crippen LogP contribution in [0.5, 0.6) is 11.5 Å². The van der Waals surface area contributed by atoms with E-state index in [9.17, 15) is 0 Å². The van der Waals surface area contributed by atoms with E-state index in [-0.39, 0.29) is 10.1 Å². The number of rotatable bonds is 4. The lowest BCUT2D eigenvalue weighted by atomic mass is 9.96. The lowest BCUT2D eigenvalue weighted by molar-refractivity contribution is 0.444. The van der Waals surface area contributed by atoms with Gasteiger partial charge in [-0.2, -0.15) is 0 Å². The second-order valence-corrected chi connectivity index (χ2v) is 22.4. The Morgan fingerprint density at radius 1 is 0.629 bits per heavy atom. The highest BCUT2D eigenvalue weighted by Gasteiger charge is 2.42. The van der Waals surface area contributed by atoms with Crippen LogP contribution in [0.25, 0.3) is 32.3 Å². The van der Waals surface area contributed by atoms with Crippen molar-refractivity contribution in [3.63, 3.8) is 0 Å². The van der Waals surface area contributed by atoms with Gasteiger partial charge in [0.15, 0.2) is 5.75 Å². The van der Waals surface area contributed by atoms with Crippen LogP contribution in [-0.4, -0.2) is 16.6 Å². The Labute approximate surface area is 212 Å². The SMILES string of the molecule is CC(C)(C)[Si](C)(C)Oc1cc(N)c2c(ccc3cc4ccccc4cc32)c1O[Si](C)(C)C(C)(C)C. The van der Waals surface area contributed by atoms with Gasteiger partial charge >= 0.3 is 0 Å². The molecule has 0 bridgehead atoms. The van der Waals surface area contributed by atoms with Gasteiger partial charge < -0.3 is 14.6 Å². The topological polar surface area (TPSA) is 44.5 Å². The number of hydrogen-bond acceptors (Lipinski definition) is 3. The fourth-order valence-corrected chi connectivity index (χ4v) is 5.98. The van der Waals surface area contributed by atoms with E-state index in [0.717, 1.165) is 33.3 Å². The van der Waals surface area contributed by atoms with E-state index in [0.29, 0.717) is 0 Å². The molecule has 0 radical (unpaired) electrons. The van der Waals surface area contributed by atoms with Gasteiger partial charge in [0.2, 0.25) is 0 Å². The predicted molar refractivity (Wildman–Crippen MR) is 159 cm³/mol. The van der Waals surface area contributed by atoms with E-state index in [1.165, 1.54) is 16.2 Å². The Balaban J connectivity index is 2.05. The monoisotopic (exact) mass is 503 g/mol. The van der Waals surface area contributed by atoms with Crippen molar-refractivity contribution in [2.75, 3.05) is 5.73 Å². The average Bonchev–Trinajstić information content (AvgIpc) is 2.72. The van der Waals surface area contributed by atoms with E-state index >= 15 is 0 Å². The minimum atomic E-state index is -2.15. The van der Waals surface area contributed by atoms with Gasteiger partial charge in [-0.3, -0.25) is 0 Å². The summed E-state index contributed by atoms with van der Waals surface area (Å²) < 4.78 is 13.9. The van der Waals surface area contributed by atoms with E-state index in [1.54, 1.807) is 0 Å². The summed E-state index contributed by atoms with van der Waals surface area (Å²) in [4.78, 5) is 0. The van der Waals surface area contributed by atoms with Crippen LogP contribution < -0.4 is 14.6 Å². The molecule has 4 aromatic carbocycles. The second-order valence-electron chi connectivity index (χ2n) is 12.9. The van der Waals surface area contributed by atoms with Crippen molar-refractivity contribution in [3.05, 3.63) is 54.6 Å². The largest absolute Gasteiger partial charge is 0.541 e. The molecule has 0 atom stereocenters. The third kappa shape index (κ3) is 4.56. The van der Waals surface area contributed by atoms with Crippen LogP contribution in [0.3, 0.4) is 0 Å². The highest BCUT2D eigenvalue weighted by Crippen LogP contribution is 2.49. The zero-order valence-corrected chi connectivity index (χ0v) is 25.1. The van der Waals surface area contributed by atoms with Crippen LogP contribution in [0.1, 0.15) is 41.5 Å². The molecule has 0 aliphatic heterocycles. The number of hydrogen-bond donors (Lipinski definition) is 1. The molecule has 0 heterocycles. The van der Waals surface area contributed by atoms with Gasteiger partial charge in [0, 0.05) is 22.5 Å².